The lowest BCUT2D eigenvalue weighted by molar-refractivity contribution is 0.0958. The van der Waals surface area contributed by atoms with Gasteiger partial charge in [-0.05, 0) is 6.42 Å². The van der Waals surface area contributed by atoms with E-state index in [9.17, 15) is 13.2 Å². The summed E-state index contributed by atoms with van der Waals surface area (Å²) in [6, 6.07) is 1.94. The summed E-state index contributed by atoms with van der Waals surface area (Å²) < 4.78 is 22.2. The van der Waals surface area contributed by atoms with Crippen molar-refractivity contribution in [1.29, 1.82) is 5.26 Å². The van der Waals surface area contributed by atoms with Crippen molar-refractivity contribution >= 4 is 37.8 Å². The number of sulfone groups is 1. The average molecular weight is 330 g/mol. The molecular weight excluding hydrogens is 312 g/mol. The molecule has 1 rings (SSSR count). The predicted octanol–water partition coefficient (Wildman–Crippen LogP) is 0.798. The highest BCUT2D eigenvalue weighted by molar-refractivity contribution is 7.90. The maximum absolute atomic E-state index is 11.9. The Hall–Kier alpha value is -1.79. The molecule has 7 nitrogen and oxygen atoms in total. The number of carbonyl (C=O) groups is 1. The lowest BCUT2D eigenvalue weighted by Crippen LogP contribution is -2.23. The normalized spacial score (nSPS) is 10.9. The molecule has 0 bridgehead atoms. The number of nitrogens with zero attached hydrogens (tertiary/aromatic N) is 1. The summed E-state index contributed by atoms with van der Waals surface area (Å²) in [5, 5.41) is 15.1. The molecule has 1 heterocycles. The third-order valence-corrected chi connectivity index (χ3v) is 4.66. The molecule has 0 aliphatic heterocycles. The van der Waals surface area contributed by atoms with Crippen LogP contribution in [0.1, 0.15) is 28.6 Å². The smallest absolute Gasteiger partial charge is 0.263 e. The Morgan fingerprint density at radius 2 is 2.10 bits per heavy atom. The second-order valence-corrected chi connectivity index (χ2v) is 7.75. The van der Waals surface area contributed by atoms with E-state index >= 15 is 0 Å². The van der Waals surface area contributed by atoms with Gasteiger partial charge in [-0.1, -0.05) is 6.92 Å². The van der Waals surface area contributed by atoms with E-state index in [1.54, 1.807) is 0 Å². The molecule has 0 aliphatic carbocycles. The summed E-state index contributed by atoms with van der Waals surface area (Å²) in [4.78, 5) is 12.2. The highest BCUT2D eigenvalue weighted by Gasteiger charge is 2.20. The molecule has 0 saturated heterocycles. The van der Waals surface area contributed by atoms with Gasteiger partial charge in [-0.15, -0.1) is 11.3 Å². The quantitative estimate of drug-likeness (QED) is 0.679. The highest BCUT2D eigenvalue weighted by Crippen LogP contribution is 2.34. The standard InChI is InChI=1S/C12H18N4O3S2/c1-3-4-15-11(17)10-9(14)8(7-13)12(20-10)16-5-6-21(2,18)19/h16H,3-6,14H2,1-2H3,(H,15,17). The van der Waals surface area contributed by atoms with Crippen molar-refractivity contribution in [1.82, 2.24) is 5.32 Å². The molecule has 0 aromatic carbocycles. The number of nitrogens with two attached hydrogens (primary N) is 1. The van der Waals surface area contributed by atoms with Crippen LogP contribution < -0.4 is 16.4 Å². The van der Waals surface area contributed by atoms with Gasteiger partial charge in [0.15, 0.2) is 0 Å². The van der Waals surface area contributed by atoms with Gasteiger partial charge < -0.3 is 16.4 Å². The number of thiophene rings is 1. The van der Waals surface area contributed by atoms with Crippen LogP contribution in [0.2, 0.25) is 0 Å². The molecular formula is C12H18N4O3S2. The van der Waals surface area contributed by atoms with Crippen molar-refractivity contribution < 1.29 is 13.2 Å². The molecule has 0 fully saturated rings. The second kappa shape index (κ2) is 7.28. The van der Waals surface area contributed by atoms with E-state index < -0.39 is 9.84 Å². The topological polar surface area (TPSA) is 125 Å². The minimum atomic E-state index is -3.10. The van der Waals surface area contributed by atoms with Crippen molar-refractivity contribution in [2.24, 2.45) is 0 Å². The average Bonchev–Trinajstić information content (AvgIpc) is 2.71. The maximum atomic E-state index is 11.9. The Morgan fingerprint density at radius 1 is 1.43 bits per heavy atom. The first kappa shape index (κ1) is 17.3. The molecule has 1 aromatic heterocycles. The van der Waals surface area contributed by atoms with Crippen molar-refractivity contribution in [3.05, 3.63) is 10.4 Å². The molecule has 0 aliphatic rings. The third kappa shape index (κ3) is 4.91. The number of hydrogen-bond donors (Lipinski definition) is 3. The first-order chi connectivity index (χ1) is 9.80. The fourth-order valence-corrected chi connectivity index (χ4v) is 3.00. The van der Waals surface area contributed by atoms with E-state index in [2.05, 4.69) is 10.6 Å². The fraction of sp³-hybridized carbons (Fsp3) is 0.500. The molecule has 0 atom stereocenters. The number of nitriles is 1. The molecule has 0 saturated carbocycles. The number of nitrogen functional groups attached to an aromatic ring is 1. The van der Waals surface area contributed by atoms with E-state index in [4.69, 9.17) is 11.0 Å². The van der Waals surface area contributed by atoms with Crippen LogP contribution in [0.25, 0.3) is 0 Å². The summed E-state index contributed by atoms with van der Waals surface area (Å²) >= 11 is 1.05. The number of hydrogen-bond acceptors (Lipinski definition) is 7. The van der Waals surface area contributed by atoms with Gasteiger partial charge in [-0.2, -0.15) is 5.26 Å². The number of amides is 1. The van der Waals surface area contributed by atoms with Gasteiger partial charge >= 0.3 is 0 Å². The summed E-state index contributed by atoms with van der Waals surface area (Å²) in [6.07, 6.45) is 1.92. The monoisotopic (exact) mass is 330 g/mol. The van der Waals surface area contributed by atoms with Crippen LogP contribution in [-0.4, -0.2) is 39.4 Å². The first-order valence-electron chi connectivity index (χ1n) is 6.32. The molecule has 9 heteroatoms. The first-order valence-corrected chi connectivity index (χ1v) is 9.20. The van der Waals surface area contributed by atoms with Crippen LogP contribution in [0.3, 0.4) is 0 Å². The van der Waals surface area contributed by atoms with Crippen LogP contribution in [0.5, 0.6) is 0 Å². The molecule has 0 radical (unpaired) electrons. The summed E-state index contributed by atoms with van der Waals surface area (Å²) in [7, 11) is -3.10. The largest absolute Gasteiger partial charge is 0.396 e. The van der Waals surface area contributed by atoms with Crippen LogP contribution >= 0.6 is 11.3 Å². The van der Waals surface area contributed by atoms with Gasteiger partial charge in [0.1, 0.15) is 31.3 Å². The van der Waals surface area contributed by atoms with Gasteiger partial charge in [0.25, 0.3) is 5.91 Å². The fourth-order valence-electron chi connectivity index (χ4n) is 1.52. The molecule has 116 valence electrons. The van der Waals surface area contributed by atoms with E-state index in [0.717, 1.165) is 24.0 Å². The van der Waals surface area contributed by atoms with Crippen LogP contribution in [-0.2, 0) is 9.84 Å². The molecule has 0 unspecified atom stereocenters. The molecule has 1 amide bonds. The molecule has 1 aromatic rings. The second-order valence-electron chi connectivity index (χ2n) is 4.47. The van der Waals surface area contributed by atoms with Crippen molar-refractivity contribution in [3.63, 3.8) is 0 Å². The Balaban J connectivity index is 2.91. The van der Waals surface area contributed by atoms with Crippen molar-refractivity contribution in [3.8, 4) is 6.07 Å². The van der Waals surface area contributed by atoms with Gasteiger partial charge in [-0.25, -0.2) is 8.42 Å². The van der Waals surface area contributed by atoms with Gasteiger partial charge in [-0.3, -0.25) is 4.79 Å². The number of anilines is 2. The third-order valence-electron chi connectivity index (χ3n) is 2.56. The number of rotatable bonds is 7. The highest BCUT2D eigenvalue weighted by atomic mass is 32.2. The van der Waals surface area contributed by atoms with Gasteiger partial charge in [0.2, 0.25) is 0 Å². The van der Waals surface area contributed by atoms with Gasteiger partial charge in [0.05, 0.1) is 11.4 Å². The Labute approximate surface area is 128 Å². The SMILES string of the molecule is CCCNC(=O)c1sc(NCCS(C)(=O)=O)c(C#N)c1N. The maximum Gasteiger partial charge on any atom is 0.263 e. The minimum Gasteiger partial charge on any atom is -0.396 e. The summed E-state index contributed by atoms with van der Waals surface area (Å²) in [5.74, 6) is -0.389. The van der Waals surface area contributed by atoms with Gasteiger partial charge in [0, 0.05) is 19.3 Å². The molecule has 0 spiro atoms. The van der Waals surface area contributed by atoms with E-state index in [0.29, 0.717) is 11.5 Å². The van der Waals surface area contributed by atoms with Crippen LogP contribution in [0.15, 0.2) is 0 Å². The van der Waals surface area contributed by atoms with E-state index in [1.807, 2.05) is 13.0 Å². The van der Waals surface area contributed by atoms with Crippen molar-refractivity contribution in [2.45, 2.75) is 13.3 Å². The van der Waals surface area contributed by atoms with E-state index in [-0.39, 0.29) is 34.3 Å². The summed E-state index contributed by atoms with van der Waals surface area (Å²) in [5.41, 5.74) is 6.11. The Kier molecular flexibility index (Phi) is 5.99. The minimum absolute atomic E-state index is 0.0625. The lowest BCUT2D eigenvalue weighted by Gasteiger charge is -2.02. The van der Waals surface area contributed by atoms with E-state index in [1.165, 1.54) is 0 Å². The van der Waals surface area contributed by atoms with Crippen molar-refractivity contribution in [2.75, 3.05) is 36.1 Å². The zero-order valence-electron chi connectivity index (χ0n) is 11.9. The lowest BCUT2D eigenvalue weighted by atomic mass is 10.2. The predicted molar refractivity (Wildman–Crippen MR) is 84.3 cm³/mol. The Morgan fingerprint density at radius 3 is 2.62 bits per heavy atom. The number of nitrogens with one attached hydrogen (secondary N) is 2. The van der Waals surface area contributed by atoms with Crippen LogP contribution in [0, 0.1) is 11.3 Å². The number of carbonyl (C=O) groups excluding carboxylic acids is 1. The summed E-state index contributed by atoms with van der Waals surface area (Å²) in [6.45, 7) is 2.61. The van der Waals surface area contributed by atoms with Crippen LogP contribution in [0.4, 0.5) is 10.7 Å². The zero-order chi connectivity index (χ0) is 16.0. The molecule has 4 N–H and O–H groups in total. The molecule has 21 heavy (non-hydrogen) atoms. The Bertz CT molecular complexity index is 659. The zero-order valence-corrected chi connectivity index (χ0v) is 13.5.